The first-order chi connectivity index (χ1) is 12.9. The Labute approximate surface area is 160 Å². The molecule has 0 radical (unpaired) electrons. The third-order valence-electron chi connectivity index (χ3n) is 4.52. The van der Waals surface area contributed by atoms with E-state index in [1.165, 1.54) is 0 Å². The van der Waals surface area contributed by atoms with Crippen LogP contribution >= 0.6 is 0 Å². The van der Waals surface area contributed by atoms with Crippen molar-refractivity contribution in [1.82, 2.24) is 9.78 Å². The van der Waals surface area contributed by atoms with Gasteiger partial charge >= 0.3 is 0 Å². The molecule has 1 aromatic heterocycles. The molecule has 1 fully saturated rings. The number of ether oxygens (including phenoxy) is 2. The lowest BCUT2D eigenvalue weighted by Gasteiger charge is -2.23. The van der Waals surface area contributed by atoms with Crippen LogP contribution in [0.2, 0.25) is 0 Å². The van der Waals surface area contributed by atoms with Crippen LogP contribution in [0, 0.1) is 6.92 Å². The second kappa shape index (κ2) is 8.31. The molecular weight excluding hydrogens is 366 g/mol. The molecule has 2 aromatic rings. The number of aryl methyl sites for hydroxylation is 1. The largest absolute Gasteiger partial charge is 0.489 e. The summed E-state index contributed by atoms with van der Waals surface area (Å²) in [6, 6.07) is 7.11. The molecule has 8 heteroatoms. The fourth-order valence-corrected chi connectivity index (χ4v) is 4.24. The first-order valence-corrected chi connectivity index (χ1v) is 10.8. The van der Waals surface area contributed by atoms with Gasteiger partial charge in [-0.3, -0.25) is 9.40 Å². The van der Waals surface area contributed by atoms with Crippen molar-refractivity contribution in [2.75, 3.05) is 17.9 Å². The van der Waals surface area contributed by atoms with Crippen molar-refractivity contribution in [2.24, 2.45) is 0 Å². The number of sulfonamides is 1. The minimum atomic E-state index is -3.77. The summed E-state index contributed by atoms with van der Waals surface area (Å²) in [4.78, 5) is 0.168. The molecule has 1 aromatic carbocycles. The minimum absolute atomic E-state index is 0.0509. The molecule has 1 atom stereocenters. The molecule has 0 spiro atoms. The van der Waals surface area contributed by atoms with E-state index in [2.05, 4.69) is 9.82 Å². The van der Waals surface area contributed by atoms with Gasteiger partial charge in [0.2, 0.25) is 0 Å². The monoisotopic (exact) mass is 393 g/mol. The Balaban J connectivity index is 1.76. The molecule has 3 rings (SSSR count). The number of nitrogens with zero attached hydrogens (tertiary/aromatic N) is 2. The fourth-order valence-electron chi connectivity index (χ4n) is 2.99. The Morgan fingerprint density at radius 2 is 2.11 bits per heavy atom. The van der Waals surface area contributed by atoms with Crippen LogP contribution < -0.4 is 9.46 Å². The van der Waals surface area contributed by atoms with E-state index in [1.54, 1.807) is 36.0 Å². The maximum Gasteiger partial charge on any atom is 0.265 e. The molecule has 1 aliphatic rings. The van der Waals surface area contributed by atoms with Crippen LogP contribution in [0.1, 0.15) is 44.8 Å². The topological polar surface area (TPSA) is 82.5 Å². The molecule has 1 aliphatic heterocycles. The number of hydrogen-bond acceptors (Lipinski definition) is 5. The van der Waals surface area contributed by atoms with Crippen LogP contribution in [-0.4, -0.2) is 37.5 Å². The zero-order valence-electron chi connectivity index (χ0n) is 16.0. The van der Waals surface area contributed by atoms with E-state index < -0.39 is 10.0 Å². The highest BCUT2D eigenvalue weighted by molar-refractivity contribution is 7.92. The standard InChI is InChI=1S/C19H27N3O4S/c1-14(2)22-12-19(15(3)20-22)27(23,24)21-17-9-4-5-10-18(17)26-13-16-8-6-7-11-25-16/h4-5,9-10,12,14,16,21H,6-8,11,13H2,1-3H3. The molecule has 1 N–H and O–H groups in total. The van der Waals surface area contributed by atoms with Crippen molar-refractivity contribution in [3.63, 3.8) is 0 Å². The third kappa shape index (κ3) is 4.81. The van der Waals surface area contributed by atoms with E-state index in [4.69, 9.17) is 9.47 Å². The lowest BCUT2D eigenvalue weighted by molar-refractivity contribution is -0.0109. The summed E-state index contributed by atoms with van der Waals surface area (Å²) in [6.07, 6.45) is 4.77. The SMILES string of the molecule is Cc1nn(C(C)C)cc1S(=O)(=O)Nc1ccccc1OCC1CCCCO1. The van der Waals surface area contributed by atoms with Crippen molar-refractivity contribution in [3.8, 4) is 5.75 Å². The molecule has 1 saturated heterocycles. The van der Waals surface area contributed by atoms with E-state index in [0.717, 1.165) is 25.9 Å². The zero-order chi connectivity index (χ0) is 19.4. The molecule has 1 unspecified atom stereocenters. The summed E-state index contributed by atoms with van der Waals surface area (Å²) in [5, 5.41) is 4.29. The van der Waals surface area contributed by atoms with Gasteiger partial charge in [-0.2, -0.15) is 5.10 Å². The molecule has 0 saturated carbocycles. The fraction of sp³-hybridized carbons (Fsp3) is 0.526. The number of para-hydroxylation sites is 2. The first kappa shape index (κ1) is 19.7. The maximum atomic E-state index is 12.9. The minimum Gasteiger partial charge on any atom is -0.489 e. The van der Waals surface area contributed by atoms with Crippen molar-refractivity contribution >= 4 is 15.7 Å². The van der Waals surface area contributed by atoms with Crippen LogP contribution in [0.5, 0.6) is 5.75 Å². The highest BCUT2D eigenvalue weighted by atomic mass is 32.2. The molecule has 0 aliphatic carbocycles. The van der Waals surface area contributed by atoms with E-state index >= 15 is 0 Å². The van der Waals surface area contributed by atoms with Crippen molar-refractivity contribution in [1.29, 1.82) is 0 Å². The average Bonchev–Trinajstić information content (AvgIpc) is 3.05. The predicted molar refractivity (Wildman–Crippen MR) is 104 cm³/mol. The Kier molecular flexibility index (Phi) is 6.06. The number of rotatable bonds is 7. The van der Waals surface area contributed by atoms with Gasteiger partial charge in [0.05, 0.1) is 17.5 Å². The lowest BCUT2D eigenvalue weighted by Crippen LogP contribution is -2.26. The Morgan fingerprint density at radius 1 is 1.33 bits per heavy atom. The van der Waals surface area contributed by atoms with Crippen LogP contribution in [0.25, 0.3) is 0 Å². The van der Waals surface area contributed by atoms with Crippen LogP contribution in [0.15, 0.2) is 35.4 Å². The summed E-state index contributed by atoms with van der Waals surface area (Å²) < 4.78 is 41.6. The predicted octanol–water partition coefficient (Wildman–Crippen LogP) is 3.52. The Morgan fingerprint density at radius 3 is 2.78 bits per heavy atom. The third-order valence-corrected chi connectivity index (χ3v) is 5.99. The highest BCUT2D eigenvalue weighted by Crippen LogP contribution is 2.28. The summed E-state index contributed by atoms with van der Waals surface area (Å²) >= 11 is 0. The van der Waals surface area contributed by atoms with Crippen LogP contribution in [0.4, 0.5) is 5.69 Å². The number of aromatic nitrogens is 2. The van der Waals surface area contributed by atoms with Crippen molar-refractivity contribution in [2.45, 2.75) is 57.1 Å². The van der Waals surface area contributed by atoms with Gasteiger partial charge in [0.25, 0.3) is 10.0 Å². The van der Waals surface area contributed by atoms with Gasteiger partial charge in [0.15, 0.2) is 0 Å². The molecule has 27 heavy (non-hydrogen) atoms. The molecular formula is C19H27N3O4S. The number of nitrogens with one attached hydrogen (secondary N) is 1. The summed E-state index contributed by atoms with van der Waals surface area (Å²) in [7, 11) is -3.77. The molecule has 7 nitrogen and oxygen atoms in total. The number of anilines is 1. The van der Waals surface area contributed by atoms with Gasteiger partial charge in [-0.15, -0.1) is 0 Å². The van der Waals surface area contributed by atoms with Gasteiger partial charge < -0.3 is 9.47 Å². The first-order valence-electron chi connectivity index (χ1n) is 9.29. The Bertz CT molecular complexity index is 871. The summed E-state index contributed by atoms with van der Waals surface area (Å²) in [5.41, 5.74) is 0.871. The van der Waals surface area contributed by atoms with Crippen molar-refractivity contribution in [3.05, 3.63) is 36.2 Å². The lowest BCUT2D eigenvalue weighted by atomic mass is 10.1. The van der Waals surface area contributed by atoms with E-state index in [9.17, 15) is 8.42 Å². The number of benzene rings is 1. The smallest absolute Gasteiger partial charge is 0.265 e. The molecule has 0 amide bonds. The maximum absolute atomic E-state index is 12.9. The normalized spacial score (nSPS) is 17.9. The Hall–Kier alpha value is -2.06. The highest BCUT2D eigenvalue weighted by Gasteiger charge is 2.23. The molecule has 2 heterocycles. The molecule has 0 bridgehead atoms. The van der Waals surface area contributed by atoms with Gasteiger partial charge in [-0.25, -0.2) is 8.42 Å². The van der Waals surface area contributed by atoms with Crippen molar-refractivity contribution < 1.29 is 17.9 Å². The second-order valence-electron chi connectivity index (χ2n) is 7.05. The van der Waals surface area contributed by atoms with Crippen LogP contribution in [0.3, 0.4) is 0 Å². The molecule has 148 valence electrons. The summed E-state index contributed by atoms with van der Waals surface area (Å²) in [6.45, 7) is 6.75. The average molecular weight is 394 g/mol. The number of hydrogen-bond donors (Lipinski definition) is 1. The zero-order valence-corrected chi connectivity index (χ0v) is 16.8. The van der Waals surface area contributed by atoms with E-state index in [0.29, 0.717) is 23.7 Å². The quantitative estimate of drug-likeness (QED) is 0.778. The van der Waals surface area contributed by atoms with Gasteiger partial charge in [-0.05, 0) is 52.2 Å². The van der Waals surface area contributed by atoms with Gasteiger partial charge in [0.1, 0.15) is 17.3 Å². The van der Waals surface area contributed by atoms with E-state index in [-0.39, 0.29) is 17.0 Å². The van der Waals surface area contributed by atoms with Gasteiger partial charge in [-0.1, -0.05) is 12.1 Å². The van der Waals surface area contributed by atoms with E-state index in [1.807, 2.05) is 19.9 Å². The van der Waals surface area contributed by atoms with Crippen LogP contribution in [-0.2, 0) is 14.8 Å². The van der Waals surface area contributed by atoms with Gasteiger partial charge in [0, 0.05) is 18.8 Å². The second-order valence-corrected chi connectivity index (χ2v) is 8.70. The summed E-state index contributed by atoms with van der Waals surface area (Å²) in [5.74, 6) is 0.490.